The second-order valence-corrected chi connectivity index (χ2v) is 27.9. The average molecular weight is 474 g/mol. The summed E-state index contributed by atoms with van der Waals surface area (Å²) in [6, 6.07) is 0.00279. The van der Waals surface area contributed by atoms with Gasteiger partial charge in [0.15, 0.2) is 25.0 Å². The van der Waals surface area contributed by atoms with Crippen molar-refractivity contribution >= 4 is 31.2 Å². The van der Waals surface area contributed by atoms with Gasteiger partial charge in [-0.1, -0.05) is 62.3 Å². The lowest BCUT2D eigenvalue weighted by atomic mass is 10.1. The Morgan fingerprint density at radius 2 is 1.07 bits per heavy atom. The van der Waals surface area contributed by atoms with Crippen molar-refractivity contribution in [3.63, 3.8) is 0 Å². The molecule has 0 bridgehead atoms. The Kier molecular flexibility index (Phi) is 8.34. The summed E-state index contributed by atoms with van der Waals surface area (Å²) in [6.45, 7) is 35.1. The summed E-state index contributed by atoms with van der Waals surface area (Å²) < 4.78 is 20.3. The molecule has 178 valence electrons. The standard InChI is InChI=1S/C23H51NO3Si3/c1-21(2,3)28(10,11)25-17-18-20(27-30(14,15)23(7,8)9)19(16-24-18)26-29(12,13)22(4,5)6/h16,18-20H,17H2,1-15H3/t18-,19+,20-/m0/s1. The predicted molar refractivity (Wildman–Crippen MR) is 140 cm³/mol. The highest BCUT2D eigenvalue weighted by Crippen LogP contribution is 2.42. The van der Waals surface area contributed by atoms with Crippen LogP contribution in [0.2, 0.25) is 54.4 Å². The largest absolute Gasteiger partial charge is 0.415 e. The number of hydrogen-bond acceptors (Lipinski definition) is 4. The van der Waals surface area contributed by atoms with Gasteiger partial charge in [-0.3, -0.25) is 4.99 Å². The highest BCUT2D eigenvalue weighted by atomic mass is 28.4. The minimum atomic E-state index is -1.98. The third-order valence-electron chi connectivity index (χ3n) is 8.02. The third kappa shape index (κ3) is 6.61. The molecule has 0 saturated carbocycles. The van der Waals surface area contributed by atoms with E-state index < -0.39 is 25.0 Å². The molecule has 1 aliphatic heterocycles. The molecular formula is C23H51NO3Si3. The van der Waals surface area contributed by atoms with Crippen molar-refractivity contribution in [2.75, 3.05) is 6.61 Å². The molecule has 4 nitrogen and oxygen atoms in total. The van der Waals surface area contributed by atoms with Crippen LogP contribution in [0, 0.1) is 0 Å². The van der Waals surface area contributed by atoms with Crippen molar-refractivity contribution < 1.29 is 13.3 Å². The molecule has 0 fully saturated rings. The van der Waals surface area contributed by atoms with Crippen LogP contribution < -0.4 is 0 Å². The summed E-state index contributed by atoms with van der Waals surface area (Å²) in [7, 11) is -5.76. The lowest BCUT2D eigenvalue weighted by Gasteiger charge is -2.44. The van der Waals surface area contributed by atoms with Gasteiger partial charge >= 0.3 is 0 Å². The van der Waals surface area contributed by atoms with Crippen LogP contribution in [-0.4, -0.2) is 56.0 Å². The highest BCUT2D eigenvalue weighted by Gasteiger charge is 2.49. The Morgan fingerprint density at radius 1 is 0.667 bits per heavy atom. The smallest absolute Gasteiger partial charge is 0.193 e. The minimum absolute atomic E-state index is 0.00279. The highest BCUT2D eigenvalue weighted by molar-refractivity contribution is 6.75. The second-order valence-electron chi connectivity index (χ2n) is 13.6. The monoisotopic (exact) mass is 473 g/mol. The van der Waals surface area contributed by atoms with E-state index in [2.05, 4.69) is 102 Å². The van der Waals surface area contributed by atoms with Crippen molar-refractivity contribution in [2.24, 2.45) is 4.99 Å². The van der Waals surface area contributed by atoms with E-state index >= 15 is 0 Å². The summed E-state index contributed by atoms with van der Waals surface area (Å²) in [5.41, 5.74) is 0. The molecule has 0 spiro atoms. The van der Waals surface area contributed by atoms with E-state index in [1.807, 2.05) is 6.21 Å². The van der Waals surface area contributed by atoms with Gasteiger partial charge in [0.2, 0.25) is 0 Å². The molecule has 0 amide bonds. The third-order valence-corrected chi connectivity index (χ3v) is 21.5. The summed E-state index contributed by atoms with van der Waals surface area (Å²) in [5.74, 6) is 0. The van der Waals surface area contributed by atoms with E-state index in [1.54, 1.807) is 0 Å². The second kappa shape index (κ2) is 8.86. The van der Waals surface area contributed by atoms with Gasteiger partial charge in [-0.05, 0) is 54.4 Å². The SMILES string of the molecule is CC(C)(C)[Si](C)(C)OC[C@@H]1N=C[C@@H](O[Si](C)(C)C(C)(C)C)[C@H]1O[Si](C)(C)C(C)(C)C. The van der Waals surface area contributed by atoms with Crippen LogP contribution >= 0.6 is 0 Å². The van der Waals surface area contributed by atoms with Crippen LogP contribution in [0.15, 0.2) is 4.99 Å². The van der Waals surface area contributed by atoms with Crippen molar-refractivity contribution in [3.05, 3.63) is 0 Å². The molecule has 1 rings (SSSR count). The lowest BCUT2D eigenvalue weighted by molar-refractivity contribution is 0.0563. The molecule has 0 aliphatic carbocycles. The molecule has 0 radical (unpaired) electrons. The first kappa shape index (κ1) is 28.2. The zero-order chi connectivity index (χ0) is 24.0. The van der Waals surface area contributed by atoms with Gasteiger partial charge < -0.3 is 13.3 Å². The fourth-order valence-corrected chi connectivity index (χ4v) is 6.08. The quantitative estimate of drug-likeness (QED) is 0.366. The minimum Gasteiger partial charge on any atom is -0.415 e. The van der Waals surface area contributed by atoms with Gasteiger partial charge in [0, 0.05) is 6.21 Å². The van der Waals surface area contributed by atoms with E-state index in [0.717, 1.165) is 0 Å². The lowest BCUT2D eigenvalue weighted by Crippen LogP contribution is -2.54. The number of nitrogens with zero attached hydrogens (tertiary/aromatic N) is 1. The van der Waals surface area contributed by atoms with Crippen LogP contribution in [0.5, 0.6) is 0 Å². The zero-order valence-electron chi connectivity index (χ0n) is 22.7. The maximum atomic E-state index is 6.94. The Balaban J connectivity index is 3.13. The van der Waals surface area contributed by atoms with Crippen LogP contribution in [0.3, 0.4) is 0 Å². The van der Waals surface area contributed by atoms with E-state index in [0.29, 0.717) is 6.61 Å². The van der Waals surface area contributed by atoms with Gasteiger partial charge in [-0.15, -0.1) is 0 Å². The molecule has 0 aromatic rings. The molecule has 1 heterocycles. The number of rotatable bonds is 7. The van der Waals surface area contributed by atoms with Crippen LogP contribution in [-0.2, 0) is 13.3 Å². The van der Waals surface area contributed by atoms with Gasteiger partial charge in [-0.2, -0.15) is 0 Å². The zero-order valence-corrected chi connectivity index (χ0v) is 25.7. The summed E-state index contributed by atoms with van der Waals surface area (Å²) >= 11 is 0. The number of hydrogen-bond donors (Lipinski definition) is 0. The van der Waals surface area contributed by atoms with Crippen molar-refractivity contribution in [1.29, 1.82) is 0 Å². The van der Waals surface area contributed by atoms with E-state index in [1.165, 1.54) is 0 Å². The molecule has 1 aliphatic rings. The van der Waals surface area contributed by atoms with E-state index in [4.69, 9.17) is 18.3 Å². The molecule has 0 aromatic heterocycles. The number of aliphatic imine (C=N–C) groups is 1. The molecule has 0 N–H and O–H groups in total. The van der Waals surface area contributed by atoms with E-state index in [-0.39, 0.29) is 33.4 Å². The Hall–Kier alpha value is 0.201. The maximum Gasteiger partial charge on any atom is 0.193 e. The van der Waals surface area contributed by atoms with Crippen LogP contribution in [0.1, 0.15) is 62.3 Å². The van der Waals surface area contributed by atoms with Crippen LogP contribution in [0.25, 0.3) is 0 Å². The van der Waals surface area contributed by atoms with Crippen molar-refractivity contribution in [3.8, 4) is 0 Å². The average Bonchev–Trinajstić information content (AvgIpc) is 2.82. The molecular weight excluding hydrogens is 423 g/mol. The molecule has 0 saturated heterocycles. The molecule has 0 aromatic carbocycles. The van der Waals surface area contributed by atoms with Crippen LogP contribution in [0.4, 0.5) is 0 Å². The van der Waals surface area contributed by atoms with Crippen molar-refractivity contribution in [2.45, 2.75) is 135 Å². The Morgan fingerprint density at radius 3 is 1.47 bits per heavy atom. The summed E-state index contributed by atoms with van der Waals surface area (Å²) in [5, 5.41) is 0.474. The van der Waals surface area contributed by atoms with Gasteiger partial charge in [0.05, 0.1) is 18.8 Å². The normalized spacial score (nSPS) is 24.6. The Labute approximate surface area is 191 Å². The first-order valence-corrected chi connectivity index (χ1v) is 20.3. The van der Waals surface area contributed by atoms with E-state index in [9.17, 15) is 0 Å². The topological polar surface area (TPSA) is 40.0 Å². The first-order chi connectivity index (χ1) is 13.0. The molecule has 7 heteroatoms. The molecule has 0 unspecified atom stereocenters. The molecule has 30 heavy (non-hydrogen) atoms. The van der Waals surface area contributed by atoms with Gasteiger partial charge in [0.25, 0.3) is 0 Å². The summed E-state index contributed by atoms with van der Waals surface area (Å²) in [4.78, 5) is 4.88. The van der Waals surface area contributed by atoms with Gasteiger partial charge in [-0.25, -0.2) is 0 Å². The summed E-state index contributed by atoms with van der Waals surface area (Å²) in [6.07, 6.45) is 1.86. The first-order valence-electron chi connectivity index (χ1n) is 11.5. The fourth-order valence-electron chi connectivity index (χ4n) is 2.51. The van der Waals surface area contributed by atoms with Gasteiger partial charge in [0.1, 0.15) is 6.10 Å². The molecule has 3 atom stereocenters. The Bertz CT molecular complexity index is 611. The fraction of sp³-hybridized carbons (Fsp3) is 0.957. The maximum absolute atomic E-state index is 6.94. The predicted octanol–water partition coefficient (Wildman–Crippen LogP) is 7.24. The van der Waals surface area contributed by atoms with Crippen molar-refractivity contribution in [1.82, 2.24) is 0 Å².